The van der Waals surface area contributed by atoms with Crippen molar-refractivity contribution >= 4 is 35.0 Å². The second-order valence-corrected chi connectivity index (χ2v) is 7.39. The number of nitrogens with one attached hydrogen (secondary N) is 1. The molecule has 26 heavy (non-hydrogen) atoms. The van der Waals surface area contributed by atoms with Crippen LogP contribution in [0, 0.1) is 13.8 Å². The topological polar surface area (TPSA) is 72.2 Å². The predicted molar refractivity (Wildman–Crippen MR) is 104 cm³/mol. The monoisotopic (exact) mass is 389 g/mol. The number of hydrogen-bond acceptors (Lipinski definition) is 5. The summed E-state index contributed by atoms with van der Waals surface area (Å²) < 4.78 is 1.69. The fourth-order valence-electron chi connectivity index (χ4n) is 2.69. The van der Waals surface area contributed by atoms with Crippen LogP contribution in [0.15, 0.2) is 35.5 Å². The van der Waals surface area contributed by atoms with Crippen LogP contribution in [-0.4, -0.2) is 31.2 Å². The van der Waals surface area contributed by atoms with Crippen LogP contribution in [0.4, 0.5) is 0 Å². The number of halogens is 1. The normalized spacial score (nSPS) is 12.3. The van der Waals surface area contributed by atoms with E-state index in [9.17, 15) is 4.79 Å². The van der Waals surface area contributed by atoms with Crippen LogP contribution in [0.1, 0.15) is 36.3 Å². The Balaban J connectivity index is 1.63. The molecule has 1 aromatic carbocycles. The minimum absolute atomic E-state index is 0.0408. The number of benzene rings is 1. The van der Waals surface area contributed by atoms with Crippen LogP contribution < -0.4 is 5.32 Å². The summed E-state index contributed by atoms with van der Waals surface area (Å²) in [5, 5.41) is 8.68. The Labute approximate surface area is 161 Å². The van der Waals surface area contributed by atoms with Crippen molar-refractivity contribution in [2.75, 3.05) is 5.75 Å². The Morgan fingerprint density at radius 2 is 2.00 bits per heavy atom. The third kappa shape index (κ3) is 4.34. The van der Waals surface area contributed by atoms with Gasteiger partial charge in [0.15, 0.2) is 0 Å². The van der Waals surface area contributed by atoms with Gasteiger partial charge in [0.2, 0.25) is 11.1 Å². The van der Waals surface area contributed by atoms with Gasteiger partial charge in [0.25, 0.3) is 5.78 Å². The molecule has 1 atom stereocenters. The molecule has 8 heteroatoms. The molecule has 6 nitrogen and oxygen atoms in total. The third-order valence-electron chi connectivity index (χ3n) is 3.95. The number of nitrogens with zero attached hydrogens (tertiary/aromatic N) is 4. The molecule has 0 radical (unpaired) electrons. The Bertz CT molecular complexity index is 925. The summed E-state index contributed by atoms with van der Waals surface area (Å²) in [5.74, 6) is 0.744. The smallest absolute Gasteiger partial charge is 0.253 e. The first-order valence-electron chi connectivity index (χ1n) is 8.35. The number of fused-ring (bicyclic) bond motifs is 1. The van der Waals surface area contributed by atoms with Gasteiger partial charge in [0.1, 0.15) is 0 Å². The van der Waals surface area contributed by atoms with Gasteiger partial charge in [-0.25, -0.2) is 9.50 Å². The van der Waals surface area contributed by atoms with E-state index in [0.29, 0.717) is 16.0 Å². The Kier molecular flexibility index (Phi) is 5.78. The zero-order valence-corrected chi connectivity index (χ0v) is 16.4. The van der Waals surface area contributed by atoms with Crippen molar-refractivity contribution in [2.24, 2.45) is 0 Å². The van der Waals surface area contributed by atoms with Gasteiger partial charge in [-0.15, -0.1) is 5.10 Å². The molecule has 1 N–H and O–H groups in total. The van der Waals surface area contributed by atoms with Crippen molar-refractivity contribution in [3.8, 4) is 0 Å². The van der Waals surface area contributed by atoms with E-state index in [1.54, 1.807) is 4.52 Å². The van der Waals surface area contributed by atoms with Gasteiger partial charge in [-0.1, -0.05) is 42.4 Å². The summed E-state index contributed by atoms with van der Waals surface area (Å²) >= 11 is 7.23. The van der Waals surface area contributed by atoms with Crippen molar-refractivity contribution in [3.05, 3.63) is 52.3 Å². The highest BCUT2D eigenvalue weighted by Crippen LogP contribution is 2.20. The highest BCUT2D eigenvalue weighted by Gasteiger charge is 2.15. The SMILES string of the molecule is CCC(NC(=O)CSc1nc2nc(C)cc(C)n2n1)c1ccc(Cl)cc1. The highest BCUT2D eigenvalue weighted by atomic mass is 35.5. The molecule has 0 fully saturated rings. The minimum Gasteiger partial charge on any atom is -0.349 e. The summed E-state index contributed by atoms with van der Waals surface area (Å²) in [6, 6.07) is 9.44. The lowest BCUT2D eigenvalue weighted by atomic mass is 10.0. The standard InChI is InChI=1S/C18H20ClN5OS/c1-4-15(13-5-7-14(19)8-6-13)21-16(25)10-26-18-22-17-20-11(2)9-12(3)24(17)23-18/h5-9,15H,4,10H2,1-3H3,(H,21,25). The third-order valence-corrected chi connectivity index (χ3v) is 5.04. The second-order valence-electron chi connectivity index (χ2n) is 6.01. The number of rotatable bonds is 6. The van der Waals surface area contributed by atoms with Gasteiger partial charge < -0.3 is 5.32 Å². The van der Waals surface area contributed by atoms with Crippen LogP contribution in [-0.2, 0) is 4.79 Å². The highest BCUT2D eigenvalue weighted by molar-refractivity contribution is 7.99. The van der Waals surface area contributed by atoms with Crippen LogP contribution in [0.3, 0.4) is 0 Å². The molecule has 0 aliphatic carbocycles. The summed E-state index contributed by atoms with van der Waals surface area (Å²) in [4.78, 5) is 21.1. The fraction of sp³-hybridized carbons (Fsp3) is 0.333. The first-order valence-corrected chi connectivity index (χ1v) is 9.71. The van der Waals surface area contributed by atoms with E-state index in [-0.39, 0.29) is 17.7 Å². The molecule has 1 amide bonds. The zero-order valence-electron chi connectivity index (χ0n) is 14.9. The van der Waals surface area contributed by atoms with Crippen LogP contribution >= 0.6 is 23.4 Å². The van der Waals surface area contributed by atoms with Crippen molar-refractivity contribution in [2.45, 2.75) is 38.4 Å². The van der Waals surface area contributed by atoms with Gasteiger partial charge >= 0.3 is 0 Å². The number of amides is 1. The average molecular weight is 390 g/mol. The molecule has 0 bridgehead atoms. The van der Waals surface area contributed by atoms with E-state index in [2.05, 4.69) is 20.4 Å². The van der Waals surface area contributed by atoms with E-state index in [1.165, 1.54) is 11.8 Å². The number of thioether (sulfide) groups is 1. The van der Waals surface area contributed by atoms with Crippen LogP contribution in [0.2, 0.25) is 5.02 Å². The van der Waals surface area contributed by atoms with Crippen LogP contribution in [0.5, 0.6) is 0 Å². The number of aromatic nitrogens is 4. The zero-order chi connectivity index (χ0) is 18.7. The number of carbonyl (C=O) groups is 1. The largest absolute Gasteiger partial charge is 0.349 e. The number of carbonyl (C=O) groups excluding carboxylic acids is 1. The molecular weight excluding hydrogens is 370 g/mol. The van der Waals surface area contributed by atoms with E-state index >= 15 is 0 Å². The van der Waals surface area contributed by atoms with Gasteiger partial charge in [0, 0.05) is 16.4 Å². The molecule has 2 aromatic heterocycles. The molecule has 0 saturated heterocycles. The second kappa shape index (κ2) is 8.05. The number of aryl methyl sites for hydroxylation is 2. The Morgan fingerprint density at radius 1 is 1.27 bits per heavy atom. The first kappa shape index (κ1) is 18.7. The summed E-state index contributed by atoms with van der Waals surface area (Å²) in [6.07, 6.45) is 0.799. The van der Waals surface area contributed by atoms with Crippen molar-refractivity contribution in [3.63, 3.8) is 0 Å². The lowest BCUT2D eigenvalue weighted by Crippen LogP contribution is -2.29. The van der Waals surface area contributed by atoms with Gasteiger partial charge in [0.05, 0.1) is 11.8 Å². The van der Waals surface area contributed by atoms with Gasteiger partial charge in [-0.05, 0) is 44.0 Å². The average Bonchev–Trinajstić information content (AvgIpc) is 3.02. The lowest BCUT2D eigenvalue weighted by molar-refractivity contribution is -0.119. The molecule has 0 spiro atoms. The molecule has 3 aromatic rings. The predicted octanol–water partition coefficient (Wildman–Crippen LogP) is 3.75. The van der Waals surface area contributed by atoms with E-state index < -0.39 is 0 Å². The molecule has 0 aliphatic heterocycles. The molecule has 136 valence electrons. The van der Waals surface area contributed by atoms with E-state index in [1.807, 2.05) is 51.1 Å². The van der Waals surface area contributed by atoms with E-state index in [0.717, 1.165) is 23.4 Å². The summed E-state index contributed by atoms with van der Waals surface area (Å²) in [5.41, 5.74) is 2.90. The fourth-order valence-corrected chi connectivity index (χ4v) is 3.45. The van der Waals surface area contributed by atoms with Crippen molar-refractivity contribution in [1.29, 1.82) is 0 Å². The maximum atomic E-state index is 12.3. The molecule has 0 aliphatic rings. The van der Waals surface area contributed by atoms with Crippen LogP contribution in [0.25, 0.3) is 5.78 Å². The quantitative estimate of drug-likeness (QED) is 0.650. The Morgan fingerprint density at radius 3 is 2.69 bits per heavy atom. The lowest BCUT2D eigenvalue weighted by Gasteiger charge is -2.17. The van der Waals surface area contributed by atoms with Crippen molar-refractivity contribution in [1.82, 2.24) is 24.9 Å². The minimum atomic E-state index is -0.0588. The first-order chi connectivity index (χ1) is 12.5. The molecule has 0 saturated carbocycles. The molecule has 3 rings (SSSR count). The molecule has 2 heterocycles. The summed E-state index contributed by atoms with van der Waals surface area (Å²) in [6.45, 7) is 5.91. The van der Waals surface area contributed by atoms with Gasteiger partial charge in [-0.3, -0.25) is 4.79 Å². The maximum Gasteiger partial charge on any atom is 0.253 e. The van der Waals surface area contributed by atoms with Gasteiger partial charge in [-0.2, -0.15) is 4.98 Å². The maximum absolute atomic E-state index is 12.3. The Hall–Kier alpha value is -2.12. The van der Waals surface area contributed by atoms with Crippen molar-refractivity contribution < 1.29 is 4.79 Å². The molecular formula is C18H20ClN5OS. The molecule has 1 unspecified atom stereocenters. The van der Waals surface area contributed by atoms with E-state index in [4.69, 9.17) is 11.6 Å². The summed E-state index contributed by atoms with van der Waals surface area (Å²) in [7, 11) is 0. The number of hydrogen-bond donors (Lipinski definition) is 1.